The van der Waals surface area contributed by atoms with Crippen LogP contribution in [-0.2, 0) is 0 Å². The first kappa shape index (κ1) is 14.8. The molecule has 1 heterocycles. The van der Waals surface area contributed by atoms with E-state index >= 15 is 0 Å². The lowest BCUT2D eigenvalue weighted by molar-refractivity contribution is 0.305. The summed E-state index contributed by atoms with van der Waals surface area (Å²) in [6.07, 6.45) is 4.75. The molecular weight excluding hydrogens is 277 g/mol. The molecule has 0 spiro atoms. The molecule has 1 aromatic carbocycles. The molecule has 0 radical (unpaired) electrons. The predicted molar refractivity (Wildman–Crippen MR) is 88.3 cm³/mol. The van der Waals surface area contributed by atoms with Gasteiger partial charge in [-0.05, 0) is 79.3 Å². The van der Waals surface area contributed by atoms with Crippen LogP contribution < -0.4 is 5.32 Å². The maximum absolute atomic E-state index is 13.7. The molecule has 0 atom stereocenters. The quantitative estimate of drug-likeness (QED) is 0.859. The molecule has 22 heavy (non-hydrogen) atoms. The largest absolute Gasteiger partial charge is 0.396 e. The fraction of sp³-hybridized carbons (Fsp3) is 0.263. The van der Waals surface area contributed by atoms with Crippen molar-refractivity contribution in [1.82, 2.24) is 5.32 Å². The first-order valence-corrected chi connectivity index (χ1v) is 7.50. The Morgan fingerprint density at radius 3 is 2.55 bits per heavy atom. The molecule has 0 aromatic heterocycles. The molecule has 0 amide bonds. The lowest BCUT2D eigenvalue weighted by Crippen LogP contribution is -2.15. The Labute approximate surface area is 130 Å². The molecule has 2 N–H and O–H groups in total. The summed E-state index contributed by atoms with van der Waals surface area (Å²) >= 11 is 0. The highest BCUT2D eigenvalue weighted by atomic mass is 19.1. The van der Waals surface area contributed by atoms with Crippen molar-refractivity contribution >= 4 is 11.1 Å². The van der Waals surface area contributed by atoms with E-state index in [0.717, 1.165) is 39.2 Å². The summed E-state index contributed by atoms with van der Waals surface area (Å²) < 4.78 is 13.7. The van der Waals surface area contributed by atoms with Gasteiger partial charge in [-0.15, -0.1) is 0 Å². The van der Waals surface area contributed by atoms with Gasteiger partial charge in [-0.25, -0.2) is 4.39 Å². The zero-order valence-corrected chi connectivity index (χ0v) is 13.1. The molecule has 114 valence electrons. The van der Waals surface area contributed by atoms with Crippen LogP contribution >= 0.6 is 0 Å². The summed E-state index contributed by atoms with van der Waals surface area (Å²) in [7, 11) is 0. The number of aliphatic hydroxyl groups excluding tert-OH is 1. The summed E-state index contributed by atoms with van der Waals surface area (Å²) in [6, 6.07) is 4.90. The van der Waals surface area contributed by atoms with Gasteiger partial charge in [0.25, 0.3) is 0 Å². The van der Waals surface area contributed by atoms with Crippen molar-refractivity contribution in [2.24, 2.45) is 0 Å². The van der Waals surface area contributed by atoms with Gasteiger partial charge < -0.3 is 10.4 Å². The average Bonchev–Trinajstić information content (AvgIpc) is 2.71. The normalized spacial score (nSPS) is 20.6. The number of dihydropyridines is 1. The van der Waals surface area contributed by atoms with Gasteiger partial charge in [0.2, 0.25) is 0 Å². The van der Waals surface area contributed by atoms with Crippen molar-refractivity contribution in [3.63, 3.8) is 0 Å². The van der Waals surface area contributed by atoms with Crippen LogP contribution in [0.4, 0.5) is 4.39 Å². The first-order chi connectivity index (χ1) is 10.5. The second-order valence-corrected chi connectivity index (χ2v) is 5.90. The number of aliphatic hydroxyl groups is 1. The minimum atomic E-state index is -0.243. The zero-order valence-electron chi connectivity index (χ0n) is 13.1. The average molecular weight is 297 g/mol. The van der Waals surface area contributed by atoms with E-state index in [9.17, 15) is 9.50 Å². The number of benzene rings is 1. The van der Waals surface area contributed by atoms with E-state index in [1.54, 1.807) is 6.07 Å². The minimum Gasteiger partial charge on any atom is -0.396 e. The van der Waals surface area contributed by atoms with Crippen molar-refractivity contribution in [3.05, 3.63) is 69.8 Å². The molecule has 0 saturated heterocycles. The number of hydrogen-bond donors (Lipinski definition) is 2. The third-order valence-electron chi connectivity index (χ3n) is 4.18. The minimum absolute atomic E-state index is 0.0620. The van der Waals surface area contributed by atoms with Crippen molar-refractivity contribution in [2.75, 3.05) is 6.61 Å². The molecule has 2 nitrogen and oxygen atoms in total. The molecular formula is C19H20FNO. The van der Waals surface area contributed by atoms with Crippen molar-refractivity contribution in [1.29, 1.82) is 0 Å². The SMILES string of the molecule is CC1=CC(=C2C(C)=C(CCO)c3cc(F)ccc32)NC(C)=C1. The Morgan fingerprint density at radius 2 is 1.86 bits per heavy atom. The number of hydrogen-bond acceptors (Lipinski definition) is 2. The number of rotatable bonds is 2. The molecule has 3 heteroatoms. The second-order valence-electron chi connectivity index (χ2n) is 5.90. The topological polar surface area (TPSA) is 32.3 Å². The maximum Gasteiger partial charge on any atom is 0.123 e. The van der Waals surface area contributed by atoms with Crippen LogP contribution in [0.15, 0.2) is 52.9 Å². The van der Waals surface area contributed by atoms with Gasteiger partial charge in [-0.3, -0.25) is 0 Å². The van der Waals surface area contributed by atoms with Crippen molar-refractivity contribution < 1.29 is 9.50 Å². The zero-order chi connectivity index (χ0) is 15.9. The molecule has 0 unspecified atom stereocenters. The fourth-order valence-corrected chi connectivity index (χ4v) is 3.35. The monoisotopic (exact) mass is 297 g/mol. The summed E-state index contributed by atoms with van der Waals surface area (Å²) in [5.74, 6) is -0.243. The smallest absolute Gasteiger partial charge is 0.123 e. The molecule has 0 saturated carbocycles. The highest BCUT2D eigenvalue weighted by molar-refractivity contribution is 6.01. The van der Waals surface area contributed by atoms with E-state index < -0.39 is 0 Å². The van der Waals surface area contributed by atoms with Gasteiger partial charge in [0.15, 0.2) is 0 Å². The summed E-state index contributed by atoms with van der Waals surface area (Å²) in [5, 5.41) is 12.8. The second kappa shape index (κ2) is 5.58. The summed E-state index contributed by atoms with van der Waals surface area (Å²) in [4.78, 5) is 0. The highest BCUT2D eigenvalue weighted by Crippen LogP contribution is 2.44. The van der Waals surface area contributed by atoms with E-state index in [-0.39, 0.29) is 12.4 Å². The predicted octanol–water partition coefficient (Wildman–Crippen LogP) is 4.16. The molecule has 1 aromatic rings. The van der Waals surface area contributed by atoms with Crippen molar-refractivity contribution in [3.8, 4) is 0 Å². The Bertz CT molecular complexity index is 766. The number of nitrogens with one attached hydrogen (secondary N) is 1. The van der Waals surface area contributed by atoms with Crippen LogP contribution in [0.5, 0.6) is 0 Å². The highest BCUT2D eigenvalue weighted by Gasteiger charge is 2.26. The van der Waals surface area contributed by atoms with E-state index in [2.05, 4.69) is 24.4 Å². The third kappa shape index (κ3) is 2.42. The summed E-state index contributed by atoms with van der Waals surface area (Å²) in [6.45, 7) is 6.21. The van der Waals surface area contributed by atoms with Crippen LogP contribution in [0.2, 0.25) is 0 Å². The third-order valence-corrected chi connectivity index (χ3v) is 4.18. The Kier molecular flexibility index (Phi) is 3.75. The Hall–Kier alpha value is -2.13. The molecule has 1 aliphatic carbocycles. The lowest BCUT2D eigenvalue weighted by Gasteiger charge is -2.18. The van der Waals surface area contributed by atoms with Gasteiger partial charge in [0.05, 0.1) is 0 Å². The van der Waals surface area contributed by atoms with E-state index in [4.69, 9.17) is 0 Å². The Balaban J connectivity index is 2.24. The molecule has 0 bridgehead atoms. The van der Waals surface area contributed by atoms with Gasteiger partial charge in [0.1, 0.15) is 5.82 Å². The summed E-state index contributed by atoms with van der Waals surface area (Å²) in [5.41, 5.74) is 8.48. The standard InChI is InChI=1S/C19H20FNO/c1-11-8-12(2)21-18(9-11)19-13(3)15(6-7-22)17-10-14(20)4-5-16(17)19/h4-5,8-10,21-22H,6-7H2,1-3H3. The van der Waals surface area contributed by atoms with Crippen LogP contribution in [0.25, 0.3) is 11.1 Å². The van der Waals surface area contributed by atoms with Gasteiger partial charge in [-0.2, -0.15) is 0 Å². The number of halogens is 1. The molecule has 1 aliphatic heterocycles. The fourth-order valence-electron chi connectivity index (χ4n) is 3.35. The molecule has 2 aliphatic rings. The van der Waals surface area contributed by atoms with Crippen LogP contribution in [0, 0.1) is 5.82 Å². The van der Waals surface area contributed by atoms with Gasteiger partial charge in [-0.1, -0.05) is 6.07 Å². The number of allylic oxidation sites excluding steroid dienone is 6. The lowest BCUT2D eigenvalue weighted by atomic mass is 9.98. The van der Waals surface area contributed by atoms with E-state index in [1.165, 1.54) is 11.6 Å². The van der Waals surface area contributed by atoms with Crippen molar-refractivity contribution in [2.45, 2.75) is 27.2 Å². The molecule has 3 rings (SSSR count). The van der Waals surface area contributed by atoms with Crippen LogP contribution in [0.3, 0.4) is 0 Å². The van der Waals surface area contributed by atoms with Crippen LogP contribution in [-0.4, -0.2) is 11.7 Å². The van der Waals surface area contributed by atoms with Gasteiger partial charge in [0, 0.05) is 23.6 Å². The van der Waals surface area contributed by atoms with Gasteiger partial charge >= 0.3 is 0 Å². The maximum atomic E-state index is 13.7. The Morgan fingerprint density at radius 1 is 1.09 bits per heavy atom. The van der Waals surface area contributed by atoms with E-state index in [0.29, 0.717) is 6.42 Å². The molecule has 0 fully saturated rings. The van der Waals surface area contributed by atoms with Crippen LogP contribution in [0.1, 0.15) is 38.3 Å². The number of fused-ring (bicyclic) bond motifs is 1. The van der Waals surface area contributed by atoms with E-state index in [1.807, 2.05) is 19.9 Å². The first-order valence-electron chi connectivity index (χ1n) is 7.50.